The number of aliphatic hydroxyl groups excluding tert-OH is 1. The van der Waals surface area contributed by atoms with Gasteiger partial charge in [-0.15, -0.1) is 0 Å². The molecule has 114 valence electrons. The van der Waals surface area contributed by atoms with E-state index in [9.17, 15) is 9.18 Å². The van der Waals surface area contributed by atoms with E-state index in [4.69, 9.17) is 5.11 Å². The Labute approximate surface area is 125 Å². The van der Waals surface area contributed by atoms with Crippen molar-refractivity contribution in [1.29, 1.82) is 0 Å². The van der Waals surface area contributed by atoms with Crippen LogP contribution in [0.1, 0.15) is 49.5 Å². The van der Waals surface area contributed by atoms with Crippen molar-refractivity contribution in [2.24, 2.45) is 5.92 Å². The van der Waals surface area contributed by atoms with Gasteiger partial charge in [0, 0.05) is 11.6 Å². The maximum Gasteiger partial charge on any atom is 0.252 e. The van der Waals surface area contributed by atoms with Crippen LogP contribution in [0.3, 0.4) is 0 Å². The van der Waals surface area contributed by atoms with Crippen molar-refractivity contribution in [3.05, 3.63) is 35.1 Å². The number of hydrogen-bond donors (Lipinski definition) is 2. The predicted molar refractivity (Wildman–Crippen MR) is 81.4 cm³/mol. The van der Waals surface area contributed by atoms with E-state index in [1.54, 1.807) is 0 Å². The molecular weight excluding hydrogens is 269 g/mol. The summed E-state index contributed by atoms with van der Waals surface area (Å²) in [4.78, 5) is 12.3. The summed E-state index contributed by atoms with van der Waals surface area (Å²) < 4.78 is 13.3. The summed E-state index contributed by atoms with van der Waals surface area (Å²) in [6.45, 7) is 5.82. The van der Waals surface area contributed by atoms with Gasteiger partial charge < -0.3 is 10.4 Å². The molecule has 0 bridgehead atoms. The summed E-state index contributed by atoms with van der Waals surface area (Å²) in [7, 11) is 0. The first-order valence-corrected chi connectivity index (χ1v) is 7.23. The van der Waals surface area contributed by atoms with Gasteiger partial charge in [-0.1, -0.05) is 38.5 Å². The fraction of sp³-hybridized carbons (Fsp3) is 0.471. The van der Waals surface area contributed by atoms with E-state index < -0.39 is 5.82 Å². The highest BCUT2D eigenvalue weighted by Crippen LogP contribution is 2.15. The Hall–Kier alpha value is -1.86. The van der Waals surface area contributed by atoms with Crippen molar-refractivity contribution in [3.63, 3.8) is 0 Å². The zero-order valence-electron chi connectivity index (χ0n) is 12.7. The molecule has 1 aromatic carbocycles. The topological polar surface area (TPSA) is 49.3 Å². The molecule has 0 heterocycles. The number of rotatable bonds is 5. The lowest BCUT2D eigenvalue weighted by molar-refractivity contribution is 0.0925. The number of nitrogens with one attached hydrogen (secondary N) is 1. The molecule has 0 spiro atoms. The summed E-state index contributed by atoms with van der Waals surface area (Å²) in [6.07, 6.45) is 1.97. The van der Waals surface area contributed by atoms with Crippen molar-refractivity contribution >= 4 is 5.91 Å². The van der Waals surface area contributed by atoms with Crippen molar-refractivity contribution < 1.29 is 14.3 Å². The third kappa shape index (κ3) is 4.87. The van der Waals surface area contributed by atoms with Gasteiger partial charge in [-0.25, -0.2) is 4.39 Å². The molecule has 21 heavy (non-hydrogen) atoms. The number of halogens is 1. The molecule has 0 aromatic heterocycles. The van der Waals surface area contributed by atoms with Crippen molar-refractivity contribution in [3.8, 4) is 11.8 Å². The van der Waals surface area contributed by atoms with Gasteiger partial charge >= 0.3 is 0 Å². The summed E-state index contributed by atoms with van der Waals surface area (Å²) in [5.74, 6) is 4.74. The van der Waals surface area contributed by atoms with Crippen LogP contribution in [-0.2, 0) is 0 Å². The van der Waals surface area contributed by atoms with Crippen molar-refractivity contribution in [1.82, 2.24) is 5.32 Å². The highest BCUT2D eigenvalue weighted by atomic mass is 19.1. The van der Waals surface area contributed by atoms with Crippen LogP contribution in [0, 0.1) is 23.6 Å². The smallest absolute Gasteiger partial charge is 0.252 e. The highest BCUT2D eigenvalue weighted by Gasteiger charge is 2.18. The third-order valence-electron chi connectivity index (χ3n) is 3.64. The van der Waals surface area contributed by atoms with Gasteiger partial charge in [0.25, 0.3) is 5.91 Å². The molecule has 0 aliphatic heterocycles. The van der Waals surface area contributed by atoms with Gasteiger partial charge in [0.05, 0.1) is 5.56 Å². The second kappa shape index (κ2) is 8.43. The second-order valence-corrected chi connectivity index (χ2v) is 4.99. The molecule has 4 heteroatoms. The van der Waals surface area contributed by atoms with Crippen LogP contribution in [0.4, 0.5) is 4.39 Å². The van der Waals surface area contributed by atoms with E-state index in [0.717, 1.165) is 12.8 Å². The lowest BCUT2D eigenvalue weighted by atomic mass is 9.95. The first-order chi connectivity index (χ1) is 10.0. The van der Waals surface area contributed by atoms with Gasteiger partial charge in [0.1, 0.15) is 12.4 Å². The minimum Gasteiger partial charge on any atom is -0.384 e. The molecule has 0 aliphatic carbocycles. The monoisotopic (exact) mass is 291 g/mol. The molecule has 1 aromatic rings. The normalized spacial score (nSPS) is 11.7. The Morgan fingerprint density at radius 1 is 1.38 bits per heavy atom. The molecule has 1 unspecified atom stereocenters. The average Bonchev–Trinajstić information content (AvgIpc) is 2.46. The van der Waals surface area contributed by atoms with Crippen LogP contribution in [0.2, 0.25) is 0 Å². The molecule has 0 fully saturated rings. The number of hydrogen-bond acceptors (Lipinski definition) is 2. The molecule has 0 radical (unpaired) electrons. The fourth-order valence-corrected chi connectivity index (χ4v) is 2.35. The number of benzene rings is 1. The predicted octanol–water partition coefficient (Wildman–Crippen LogP) is 2.72. The minimum atomic E-state index is -0.457. The van der Waals surface area contributed by atoms with E-state index >= 15 is 0 Å². The Bertz CT molecular complexity index is 541. The zero-order chi connectivity index (χ0) is 15.8. The van der Waals surface area contributed by atoms with E-state index in [1.807, 2.05) is 6.92 Å². The lowest BCUT2D eigenvalue weighted by Crippen LogP contribution is -2.38. The molecule has 0 saturated heterocycles. The van der Waals surface area contributed by atoms with Crippen LogP contribution < -0.4 is 5.32 Å². The fourth-order valence-electron chi connectivity index (χ4n) is 2.35. The number of carbonyl (C=O) groups is 1. The van der Waals surface area contributed by atoms with Crippen LogP contribution >= 0.6 is 0 Å². The quantitative estimate of drug-likeness (QED) is 0.820. The Balaban J connectivity index is 2.96. The summed E-state index contributed by atoms with van der Waals surface area (Å²) >= 11 is 0. The van der Waals surface area contributed by atoms with Crippen molar-refractivity contribution in [2.75, 3.05) is 6.61 Å². The van der Waals surface area contributed by atoms with Crippen molar-refractivity contribution in [2.45, 2.75) is 39.7 Å². The summed E-state index contributed by atoms with van der Waals surface area (Å²) in [5, 5.41) is 11.7. The molecule has 2 N–H and O–H groups in total. The second-order valence-electron chi connectivity index (χ2n) is 4.99. The standard InChI is InChI=1S/C17H22FNO2/c1-4-13(5-2)12(3)19-17(21)16-9-8-15(18)11-14(16)7-6-10-20/h8-9,11-13,20H,4-5,10H2,1-3H3,(H,19,21). The minimum absolute atomic E-state index is 0.0382. The Morgan fingerprint density at radius 3 is 2.62 bits per heavy atom. The van der Waals surface area contributed by atoms with Crippen LogP contribution in [0.25, 0.3) is 0 Å². The summed E-state index contributed by atoms with van der Waals surface area (Å²) in [6, 6.07) is 3.91. The molecule has 3 nitrogen and oxygen atoms in total. The zero-order valence-corrected chi connectivity index (χ0v) is 12.7. The van der Waals surface area contributed by atoms with E-state index in [-0.39, 0.29) is 18.6 Å². The Kier molecular flexibility index (Phi) is 6.90. The van der Waals surface area contributed by atoms with Gasteiger partial charge in [-0.05, 0) is 31.0 Å². The maximum atomic E-state index is 13.3. The van der Waals surface area contributed by atoms with Gasteiger partial charge in [0.2, 0.25) is 0 Å². The largest absolute Gasteiger partial charge is 0.384 e. The van der Waals surface area contributed by atoms with Crippen LogP contribution in [-0.4, -0.2) is 23.7 Å². The van der Waals surface area contributed by atoms with E-state index in [1.165, 1.54) is 18.2 Å². The number of amides is 1. The van der Waals surface area contributed by atoms with Gasteiger partial charge in [-0.3, -0.25) is 4.79 Å². The average molecular weight is 291 g/mol. The Morgan fingerprint density at radius 2 is 2.05 bits per heavy atom. The first-order valence-electron chi connectivity index (χ1n) is 7.23. The molecule has 0 saturated carbocycles. The number of aliphatic hydroxyl groups is 1. The number of carbonyl (C=O) groups excluding carboxylic acids is 1. The van der Waals surface area contributed by atoms with Gasteiger partial charge in [-0.2, -0.15) is 0 Å². The van der Waals surface area contributed by atoms with E-state index in [0.29, 0.717) is 17.0 Å². The van der Waals surface area contributed by atoms with Crippen LogP contribution in [0.15, 0.2) is 18.2 Å². The first kappa shape index (κ1) is 17.2. The highest BCUT2D eigenvalue weighted by molar-refractivity contribution is 5.96. The molecule has 1 atom stereocenters. The molecule has 1 amide bonds. The third-order valence-corrected chi connectivity index (χ3v) is 3.64. The molecular formula is C17H22FNO2. The molecule has 0 aliphatic rings. The van der Waals surface area contributed by atoms with Gasteiger partial charge in [0.15, 0.2) is 0 Å². The SMILES string of the molecule is CCC(CC)C(C)NC(=O)c1ccc(F)cc1C#CCO. The summed E-state index contributed by atoms with van der Waals surface area (Å²) in [5.41, 5.74) is 0.619. The maximum absolute atomic E-state index is 13.3. The van der Waals surface area contributed by atoms with Crippen LogP contribution in [0.5, 0.6) is 0 Å². The van der Waals surface area contributed by atoms with E-state index in [2.05, 4.69) is 31.0 Å². The molecule has 1 rings (SSSR count). The lowest BCUT2D eigenvalue weighted by Gasteiger charge is -2.22.